The molecule has 0 unspecified atom stereocenters. The van der Waals surface area contributed by atoms with Gasteiger partial charge in [-0.25, -0.2) is 10.0 Å². The number of aromatic hydroxyl groups is 2. The lowest BCUT2D eigenvalue weighted by Gasteiger charge is -2.27. The van der Waals surface area contributed by atoms with Crippen LogP contribution >= 0.6 is 24.4 Å². The number of hydrogen-bond acceptors (Lipinski definition) is 8. The number of hydrogen-bond donors (Lipinski definition) is 4. The second kappa shape index (κ2) is 8.28. The molecule has 2 aliphatic heterocycles. The third kappa shape index (κ3) is 3.31. The Morgan fingerprint density at radius 2 is 0.938 bits per heavy atom. The Labute approximate surface area is 195 Å². The van der Waals surface area contributed by atoms with E-state index in [0.29, 0.717) is 21.4 Å². The average Bonchev–Trinajstić information content (AvgIpc) is 3.32. The van der Waals surface area contributed by atoms with E-state index in [1.54, 1.807) is 34.3 Å². The van der Waals surface area contributed by atoms with Crippen LogP contribution in [0.2, 0.25) is 0 Å². The molecule has 32 heavy (non-hydrogen) atoms. The van der Waals surface area contributed by atoms with E-state index in [2.05, 4.69) is 10.6 Å². The summed E-state index contributed by atoms with van der Waals surface area (Å²) >= 11 is 11.2. The van der Waals surface area contributed by atoms with Crippen molar-refractivity contribution in [2.24, 2.45) is 0 Å². The monoisotopic (exact) mass is 478 g/mol. The first kappa shape index (κ1) is 21.8. The van der Waals surface area contributed by atoms with Gasteiger partial charge in [0.25, 0.3) is 0 Å². The van der Waals surface area contributed by atoms with Gasteiger partial charge in [0.2, 0.25) is 11.5 Å². The minimum atomic E-state index is -0.475. The summed E-state index contributed by atoms with van der Waals surface area (Å²) in [6.07, 6.45) is -0.950. The Morgan fingerprint density at radius 1 is 0.656 bits per heavy atom. The molecule has 2 aliphatic rings. The molecule has 0 radical (unpaired) electrons. The highest BCUT2D eigenvalue weighted by molar-refractivity contribution is 7.80. The van der Waals surface area contributed by atoms with Crippen LogP contribution in [-0.4, -0.2) is 58.9 Å². The zero-order valence-electron chi connectivity index (χ0n) is 17.7. The van der Waals surface area contributed by atoms with Crippen molar-refractivity contribution < 1.29 is 29.2 Å². The van der Waals surface area contributed by atoms with Crippen molar-refractivity contribution in [2.75, 3.05) is 28.4 Å². The first-order valence-electron chi connectivity index (χ1n) is 9.43. The van der Waals surface area contributed by atoms with E-state index < -0.39 is 12.3 Å². The predicted molar refractivity (Wildman–Crippen MR) is 123 cm³/mol. The Kier molecular flexibility index (Phi) is 5.65. The smallest absolute Gasteiger partial charge is 0.200 e. The van der Waals surface area contributed by atoms with E-state index in [4.69, 9.17) is 43.4 Å². The molecule has 10 nitrogen and oxygen atoms in total. The van der Waals surface area contributed by atoms with E-state index in [1.165, 1.54) is 28.4 Å². The largest absolute Gasteiger partial charge is 0.502 e. The van der Waals surface area contributed by atoms with Gasteiger partial charge in [-0.05, 0) is 48.7 Å². The fourth-order valence-corrected chi connectivity index (χ4v) is 4.37. The summed E-state index contributed by atoms with van der Waals surface area (Å²) in [6, 6.07) is 6.74. The highest BCUT2D eigenvalue weighted by atomic mass is 32.1. The Balaban J connectivity index is 1.74. The van der Waals surface area contributed by atoms with Crippen LogP contribution in [0.5, 0.6) is 34.5 Å². The van der Waals surface area contributed by atoms with E-state index in [0.717, 1.165) is 0 Å². The van der Waals surface area contributed by atoms with Gasteiger partial charge in [-0.15, -0.1) is 0 Å². The highest BCUT2D eigenvalue weighted by Crippen LogP contribution is 2.45. The van der Waals surface area contributed by atoms with Gasteiger partial charge in [-0.3, -0.25) is 0 Å². The van der Waals surface area contributed by atoms with Gasteiger partial charge in [-0.1, -0.05) is 0 Å². The second-order valence-corrected chi connectivity index (χ2v) is 7.71. The molecule has 4 N–H and O–H groups in total. The van der Waals surface area contributed by atoms with Crippen LogP contribution in [0.3, 0.4) is 0 Å². The molecular weight excluding hydrogens is 456 g/mol. The fraction of sp³-hybridized carbons (Fsp3) is 0.300. The number of phenols is 2. The number of methoxy groups -OCH3 is 4. The first-order chi connectivity index (χ1) is 15.3. The van der Waals surface area contributed by atoms with Crippen LogP contribution < -0.4 is 29.6 Å². The van der Waals surface area contributed by atoms with Crippen molar-refractivity contribution in [3.05, 3.63) is 35.4 Å². The van der Waals surface area contributed by atoms with Crippen molar-refractivity contribution >= 4 is 34.7 Å². The molecule has 0 amide bonds. The molecule has 0 spiro atoms. The third-order valence-corrected chi connectivity index (χ3v) is 5.90. The molecule has 2 fully saturated rings. The van der Waals surface area contributed by atoms with Gasteiger partial charge in [0.1, 0.15) is 12.3 Å². The molecule has 170 valence electrons. The number of fused-ring (bicyclic) bond motifs is 1. The molecular formula is C20H22N4O6S2. The predicted octanol–water partition coefficient (Wildman–Crippen LogP) is 2.12. The molecule has 2 aromatic rings. The molecule has 0 aliphatic carbocycles. The quantitative estimate of drug-likeness (QED) is 0.457. The van der Waals surface area contributed by atoms with Crippen molar-refractivity contribution in [1.82, 2.24) is 20.7 Å². The summed E-state index contributed by atoms with van der Waals surface area (Å²) in [7, 11) is 5.84. The van der Waals surface area contributed by atoms with Crippen molar-refractivity contribution in [1.29, 1.82) is 0 Å². The molecule has 2 heterocycles. The molecule has 12 heteroatoms. The molecule has 0 saturated carbocycles. The summed E-state index contributed by atoms with van der Waals surface area (Å²) in [6.45, 7) is 0. The summed E-state index contributed by atoms with van der Waals surface area (Å²) in [5.74, 6) is 0.835. The lowest BCUT2D eigenvalue weighted by Crippen LogP contribution is -2.36. The normalized spacial score (nSPS) is 19.4. The van der Waals surface area contributed by atoms with E-state index in [9.17, 15) is 10.2 Å². The van der Waals surface area contributed by atoms with Crippen LogP contribution in [0.25, 0.3) is 0 Å². The molecule has 2 saturated heterocycles. The molecule has 4 rings (SSSR count). The number of thiocarbonyl (C=S) groups is 2. The summed E-state index contributed by atoms with van der Waals surface area (Å²) in [5, 5.41) is 31.4. The summed E-state index contributed by atoms with van der Waals surface area (Å²) in [4.78, 5) is 0. The molecule has 0 aromatic heterocycles. The Bertz CT molecular complexity index is 962. The average molecular weight is 479 g/mol. The lowest BCUT2D eigenvalue weighted by atomic mass is 10.1. The summed E-state index contributed by atoms with van der Waals surface area (Å²) in [5.41, 5.74) is 1.43. The Hall–Kier alpha value is -3.38. The van der Waals surface area contributed by atoms with Crippen molar-refractivity contribution in [3.63, 3.8) is 0 Å². The van der Waals surface area contributed by atoms with Crippen molar-refractivity contribution in [2.45, 2.75) is 12.3 Å². The second-order valence-electron chi connectivity index (χ2n) is 6.94. The SMILES string of the molecule is COc1cc([C@H]2NC(=S)N3[C@H](c4cc(OC)c(O)c(OC)c4)NC(=S)N23)cc(OC)c1O. The van der Waals surface area contributed by atoms with Gasteiger partial charge < -0.3 is 39.8 Å². The van der Waals surface area contributed by atoms with Crippen LogP contribution in [0.1, 0.15) is 23.5 Å². The standard InChI is InChI=1S/C20H22N4O6S2/c1-27-11-5-9(6-12(28-2)15(11)25)17-21-19(31)24-18(22-20(32)23(17)24)10-7-13(29-3)16(26)14(8-10)30-4/h5-8,17-18,25-26H,1-4H3,(H,21,31)(H,22,32)/t17-,18+. The van der Waals surface area contributed by atoms with Crippen LogP contribution in [-0.2, 0) is 0 Å². The number of ether oxygens (including phenoxy) is 4. The molecule has 0 bridgehead atoms. The zero-order chi connectivity index (χ0) is 23.2. The number of benzene rings is 2. The van der Waals surface area contributed by atoms with E-state index >= 15 is 0 Å². The topological polar surface area (TPSA) is 108 Å². The summed E-state index contributed by atoms with van der Waals surface area (Å²) < 4.78 is 21.1. The van der Waals surface area contributed by atoms with Gasteiger partial charge in [-0.2, -0.15) is 0 Å². The van der Waals surface area contributed by atoms with Crippen LogP contribution in [0.15, 0.2) is 24.3 Å². The van der Waals surface area contributed by atoms with Gasteiger partial charge >= 0.3 is 0 Å². The van der Waals surface area contributed by atoms with Gasteiger partial charge in [0.05, 0.1) is 28.4 Å². The van der Waals surface area contributed by atoms with E-state index in [1.807, 2.05) is 0 Å². The number of nitrogens with zero attached hydrogens (tertiary/aromatic N) is 2. The van der Waals surface area contributed by atoms with E-state index in [-0.39, 0.29) is 34.5 Å². The number of nitrogens with one attached hydrogen (secondary N) is 2. The van der Waals surface area contributed by atoms with Crippen LogP contribution in [0, 0.1) is 0 Å². The van der Waals surface area contributed by atoms with Gasteiger partial charge in [0.15, 0.2) is 33.2 Å². The maximum atomic E-state index is 10.3. The minimum absolute atomic E-state index is 0.0977. The number of hydrazine groups is 1. The molecule has 2 atom stereocenters. The number of phenolic OH excluding ortho intramolecular Hbond substituents is 2. The fourth-order valence-electron chi connectivity index (χ4n) is 3.76. The first-order valence-corrected chi connectivity index (χ1v) is 10.2. The zero-order valence-corrected chi connectivity index (χ0v) is 19.3. The maximum absolute atomic E-state index is 10.3. The lowest BCUT2D eigenvalue weighted by molar-refractivity contribution is 0.113. The number of rotatable bonds is 6. The third-order valence-electron chi connectivity index (χ3n) is 5.29. The minimum Gasteiger partial charge on any atom is -0.502 e. The van der Waals surface area contributed by atoms with Crippen LogP contribution in [0.4, 0.5) is 0 Å². The maximum Gasteiger partial charge on any atom is 0.200 e. The van der Waals surface area contributed by atoms with Crippen molar-refractivity contribution in [3.8, 4) is 34.5 Å². The highest BCUT2D eigenvalue weighted by Gasteiger charge is 2.48. The Morgan fingerprint density at radius 3 is 1.19 bits per heavy atom. The van der Waals surface area contributed by atoms with Gasteiger partial charge in [0, 0.05) is 11.1 Å². The molecule has 2 aromatic carbocycles.